The molecule has 0 saturated carbocycles. The number of aryl methyl sites for hydroxylation is 1. The normalized spacial score (nSPS) is 10.7. The molecule has 0 spiro atoms. The van der Waals surface area contributed by atoms with Crippen LogP contribution >= 0.6 is 23.2 Å². The first-order valence-electron chi connectivity index (χ1n) is 9.30. The highest BCUT2D eigenvalue weighted by molar-refractivity contribution is 6.39. The summed E-state index contributed by atoms with van der Waals surface area (Å²) in [6.07, 6.45) is 1.41. The molecule has 0 aliphatic rings. The minimum absolute atomic E-state index is 0.203. The molecule has 8 heteroatoms. The predicted octanol–water partition coefficient (Wildman–Crippen LogP) is 4.97. The van der Waals surface area contributed by atoms with E-state index in [0.29, 0.717) is 32.6 Å². The molecule has 0 radical (unpaired) electrons. The molecule has 6 nitrogen and oxygen atoms in total. The van der Waals surface area contributed by atoms with E-state index in [1.807, 2.05) is 19.1 Å². The number of hydrogen-bond acceptors (Lipinski definition) is 4. The minimum atomic E-state index is -0.875. The first-order chi connectivity index (χ1) is 14.9. The number of para-hydroxylation sites is 1. The lowest BCUT2D eigenvalue weighted by molar-refractivity contribution is -0.136. The Morgan fingerprint density at radius 3 is 2.42 bits per heavy atom. The maximum absolute atomic E-state index is 12.0. The zero-order chi connectivity index (χ0) is 22.2. The molecular weight excluding hydrogens is 437 g/mol. The molecule has 0 fully saturated rings. The quantitative estimate of drug-likeness (QED) is 0.312. The van der Waals surface area contributed by atoms with Crippen LogP contribution in [0, 0.1) is 6.92 Å². The van der Waals surface area contributed by atoms with Crippen molar-refractivity contribution in [3.63, 3.8) is 0 Å². The lowest BCUT2D eigenvalue weighted by atomic mass is 10.2. The molecule has 0 aliphatic carbocycles. The molecule has 0 heterocycles. The Bertz CT molecular complexity index is 1110. The van der Waals surface area contributed by atoms with Gasteiger partial charge >= 0.3 is 11.8 Å². The Balaban J connectivity index is 1.56. The van der Waals surface area contributed by atoms with Crippen LogP contribution in [0.2, 0.25) is 10.0 Å². The van der Waals surface area contributed by atoms with Crippen LogP contribution in [0.15, 0.2) is 71.8 Å². The maximum atomic E-state index is 12.0. The predicted molar refractivity (Wildman–Crippen MR) is 123 cm³/mol. The van der Waals surface area contributed by atoms with E-state index in [1.54, 1.807) is 54.6 Å². The van der Waals surface area contributed by atoms with E-state index in [4.69, 9.17) is 27.9 Å². The lowest BCUT2D eigenvalue weighted by Crippen LogP contribution is -2.32. The number of amides is 2. The van der Waals surface area contributed by atoms with Gasteiger partial charge in [-0.1, -0.05) is 59.6 Å². The molecule has 2 amide bonds. The van der Waals surface area contributed by atoms with Gasteiger partial charge in [0.25, 0.3) is 0 Å². The molecule has 31 heavy (non-hydrogen) atoms. The van der Waals surface area contributed by atoms with Crippen LogP contribution in [0.5, 0.6) is 5.75 Å². The van der Waals surface area contributed by atoms with Gasteiger partial charge in [-0.15, -0.1) is 0 Å². The van der Waals surface area contributed by atoms with E-state index in [0.717, 1.165) is 5.56 Å². The van der Waals surface area contributed by atoms with Crippen LogP contribution in [0.3, 0.4) is 0 Å². The highest BCUT2D eigenvalue weighted by Gasteiger charge is 2.13. The summed E-state index contributed by atoms with van der Waals surface area (Å²) in [6.45, 7) is 2.04. The monoisotopic (exact) mass is 455 g/mol. The fraction of sp³-hybridized carbons (Fsp3) is 0.0870. The molecule has 158 valence electrons. The first-order valence-corrected chi connectivity index (χ1v) is 10.1. The average Bonchev–Trinajstić information content (AvgIpc) is 2.75. The lowest BCUT2D eigenvalue weighted by Gasteiger charge is -2.10. The third-order valence-corrected chi connectivity index (χ3v) is 4.99. The van der Waals surface area contributed by atoms with Crippen LogP contribution < -0.4 is 15.5 Å². The number of anilines is 1. The van der Waals surface area contributed by atoms with Crippen LogP contribution in [0.4, 0.5) is 5.69 Å². The summed E-state index contributed by atoms with van der Waals surface area (Å²) in [4.78, 5) is 23.9. The van der Waals surface area contributed by atoms with E-state index in [-0.39, 0.29) is 6.61 Å². The Hall–Kier alpha value is -3.35. The average molecular weight is 456 g/mol. The van der Waals surface area contributed by atoms with Gasteiger partial charge in [-0.05, 0) is 48.4 Å². The van der Waals surface area contributed by atoms with Crippen molar-refractivity contribution >= 4 is 46.9 Å². The molecule has 3 rings (SSSR count). The van der Waals surface area contributed by atoms with Crippen LogP contribution in [0.25, 0.3) is 0 Å². The topological polar surface area (TPSA) is 79.8 Å². The Morgan fingerprint density at radius 2 is 1.68 bits per heavy atom. The third kappa shape index (κ3) is 6.31. The maximum Gasteiger partial charge on any atom is 0.329 e. The summed E-state index contributed by atoms with van der Waals surface area (Å²) >= 11 is 12.3. The van der Waals surface area contributed by atoms with Crippen molar-refractivity contribution in [2.24, 2.45) is 5.10 Å². The second kappa shape index (κ2) is 10.6. The fourth-order valence-electron chi connectivity index (χ4n) is 2.62. The number of rotatable bonds is 6. The Morgan fingerprint density at radius 1 is 0.968 bits per heavy atom. The van der Waals surface area contributed by atoms with Gasteiger partial charge in [-0.25, -0.2) is 5.43 Å². The molecule has 0 aliphatic heterocycles. The van der Waals surface area contributed by atoms with E-state index in [2.05, 4.69) is 15.8 Å². The van der Waals surface area contributed by atoms with Crippen molar-refractivity contribution < 1.29 is 14.3 Å². The van der Waals surface area contributed by atoms with Gasteiger partial charge in [0, 0.05) is 21.3 Å². The molecule has 0 aromatic heterocycles. The zero-order valence-corrected chi connectivity index (χ0v) is 18.1. The van der Waals surface area contributed by atoms with E-state index < -0.39 is 11.8 Å². The van der Waals surface area contributed by atoms with Crippen LogP contribution in [-0.4, -0.2) is 18.0 Å². The molecular formula is C23H19Cl2N3O3. The first kappa shape index (κ1) is 22.3. The van der Waals surface area contributed by atoms with Crippen molar-refractivity contribution in [2.75, 3.05) is 5.32 Å². The van der Waals surface area contributed by atoms with Gasteiger partial charge in [0.05, 0.1) is 6.21 Å². The fourth-order valence-corrected chi connectivity index (χ4v) is 3.13. The number of benzene rings is 3. The van der Waals surface area contributed by atoms with Gasteiger partial charge in [0.2, 0.25) is 0 Å². The summed E-state index contributed by atoms with van der Waals surface area (Å²) in [7, 11) is 0. The number of carbonyl (C=O) groups excluding carboxylic acids is 2. The van der Waals surface area contributed by atoms with Crippen molar-refractivity contribution in [1.29, 1.82) is 0 Å². The number of carbonyl (C=O) groups is 2. The Labute approximate surface area is 189 Å². The number of ether oxygens (including phenoxy) is 1. The molecule has 0 unspecified atom stereocenters. The number of halogens is 2. The largest absolute Gasteiger partial charge is 0.489 e. The standard InChI is InChI=1S/C23H19Cl2N3O3/c1-15-6-2-3-11-21(15)27-22(29)23(30)28-26-13-16-7-4-8-17(12-16)31-14-18-19(24)9-5-10-20(18)25/h2-13H,14H2,1H3,(H,27,29)(H,28,30)/b26-13-. The molecule has 3 aromatic rings. The summed E-state index contributed by atoms with van der Waals surface area (Å²) in [5, 5.41) is 7.42. The number of hydrazone groups is 1. The van der Waals surface area contributed by atoms with Gasteiger partial charge in [0.1, 0.15) is 12.4 Å². The Kier molecular flexibility index (Phi) is 7.65. The summed E-state index contributed by atoms with van der Waals surface area (Å²) in [5.41, 5.74) is 4.98. The third-order valence-electron chi connectivity index (χ3n) is 4.28. The number of nitrogens with one attached hydrogen (secondary N) is 2. The highest BCUT2D eigenvalue weighted by Crippen LogP contribution is 2.26. The van der Waals surface area contributed by atoms with E-state index in [1.165, 1.54) is 6.21 Å². The van der Waals surface area contributed by atoms with Crippen LogP contribution in [0.1, 0.15) is 16.7 Å². The zero-order valence-electron chi connectivity index (χ0n) is 16.6. The minimum Gasteiger partial charge on any atom is -0.489 e. The van der Waals surface area contributed by atoms with Gasteiger partial charge in [-0.3, -0.25) is 9.59 Å². The van der Waals surface area contributed by atoms with Gasteiger partial charge in [0.15, 0.2) is 0 Å². The SMILES string of the molecule is Cc1ccccc1NC(=O)C(=O)N/N=C\c1cccc(OCc2c(Cl)cccc2Cl)c1. The smallest absolute Gasteiger partial charge is 0.329 e. The molecule has 0 saturated heterocycles. The van der Waals surface area contributed by atoms with Gasteiger partial charge in [-0.2, -0.15) is 5.10 Å². The van der Waals surface area contributed by atoms with Crippen molar-refractivity contribution in [1.82, 2.24) is 5.43 Å². The number of hydrogen-bond donors (Lipinski definition) is 2. The second-order valence-corrected chi connectivity index (χ2v) is 7.34. The van der Waals surface area contributed by atoms with Gasteiger partial charge < -0.3 is 10.1 Å². The van der Waals surface area contributed by atoms with Crippen molar-refractivity contribution in [3.8, 4) is 5.75 Å². The molecule has 3 aromatic carbocycles. The summed E-state index contributed by atoms with van der Waals surface area (Å²) < 4.78 is 5.76. The van der Waals surface area contributed by atoms with E-state index in [9.17, 15) is 9.59 Å². The second-order valence-electron chi connectivity index (χ2n) is 6.53. The molecule has 0 atom stereocenters. The summed E-state index contributed by atoms with van der Waals surface area (Å²) in [5.74, 6) is -1.11. The highest BCUT2D eigenvalue weighted by atomic mass is 35.5. The molecule has 0 bridgehead atoms. The summed E-state index contributed by atoms with van der Waals surface area (Å²) in [6, 6.07) is 19.5. The van der Waals surface area contributed by atoms with Crippen molar-refractivity contribution in [3.05, 3.63) is 93.5 Å². The van der Waals surface area contributed by atoms with E-state index >= 15 is 0 Å². The number of nitrogens with zero attached hydrogens (tertiary/aromatic N) is 1. The van der Waals surface area contributed by atoms with Crippen LogP contribution in [-0.2, 0) is 16.2 Å². The van der Waals surface area contributed by atoms with Crippen molar-refractivity contribution in [2.45, 2.75) is 13.5 Å². The molecule has 2 N–H and O–H groups in total.